The molecule has 7 heteroatoms. The van der Waals surface area contributed by atoms with E-state index in [0.717, 1.165) is 18.7 Å². The number of aliphatic hydroxyl groups excluding tert-OH is 1. The number of rotatable bonds is 9. The summed E-state index contributed by atoms with van der Waals surface area (Å²) >= 11 is 0. The van der Waals surface area contributed by atoms with Gasteiger partial charge in [-0.15, -0.1) is 0 Å². The average Bonchev–Trinajstić information content (AvgIpc) is 3.08. The number of carbonyl (C=O) groups excluding carboxylic acids is 2. The molecule has 0 saturated carbocycles. The summed E-state index contributed by atoms with van der Waals surface area (Å²) in [4.78, 5) is 30.1. The van der Waals surface area contributed by atoms with E-state index in [1.165, 1.54) is 19.1 Å². The van der Waals surface area contributed by atoms with Crippen LogP contribution in [0.3, 0.4) is 0 Å². The second kappa shape index (κ2) is 10.5. The molecule has 3 rings (SSSR count). The van der Waals surface area contributed by atoms with Crippen LogP contribution < -0.4 is 9.47 Å². The van der Waals surface area contributed by atoms with E-state index in [9.17, 15) is 14.7 Å². The summed E-state index contributed by atoms with van der Waals surface area (Å²) < 4.78 is 11.1. The van der Waals surface area contributed by atoms with Crippen molar-refractivity contribution in [3.63, 3.8) is 0 Å². The number of aliphatic hydroxyl groups is 1. The van der Waals surface area contributed by atoms with Crippen molar-refractivity contribution >= 4 is 17.4 Å². The van der Waals surface area contributed by atoms with Gasteiger partial charge in [0.05, 0.1) is 25.8 Å². The van der Waals surface area contributed by atoms with Gasteiger partial charge >= 0.3 is 0 Å². The maximum absolute atomic E-state index is 13.2. The molecule has 1 aliphatic heterocycles. The van der Waals surface area contributed by atoms with E-state index in [2.05, 4.69) is 18.7 Å². The fourth-order valence-electron chi connectivity index (χ4n) is 4.22. The number of hydrogen-bond acceptors (Lipinski definition) is 6. The Hall–Kier alpha value is -3.32. The predicted octanol–water partition coefficient (Wildman–Crippen LogP) is 3.78. The number of likely N-dealkylation sites (tertiary alicyclic amines) is 1. The second-order valence-corrected chi connectivity index (χ2v) is 7.97. The number of hydrogen-bond donors (Lipinski definition) is 1. The van der Waals surface area contributed by atoms with Crippen molar-refractivity contribution < 1.29 is 24.2 Å². The average molecular weight is 453 g/mol. The molecule has 0 aromatic heterocycles. The van der Waals surface area contributed by atoms with Gasteiger partial charge in [-0.25, -0.2) is 0 Å². The minimum Gasteiger partial charge on any atom is -0.507 e. The van der Waals surface area contributed by atoms with Crippen LogP contribution in [0.15, 0.2) is 48.0 Å². The zero-order chi connectivity index (χ0) is 24.1. The first-order valence-corrected chi connectivity index (χ1v) is 11.2. The number of ketones is 1. The van der Waals surface area contributed by atoms with Crippen LogP contribution in [0.25, 0.3) is 5.76 Å². The highest BCUT2D eigenvalue weighted by Gasteiger charge is 2.47. The Morgan fingerprint density at radius 1 is 1.03 bits per heavy atom. The zero-order valence-corrected chi connectivity index (χ0v) is 19.9. The number of benzene rings is 2. The maximum Gasteiger partial charge on any atom is 0.295 e. The third-order valence-electron chi connectivity index (χ3n) is 6.14. The third kappa shape index (κ3) is 4.73. The number of likely N-dealkylation sites (N-methyl/N-ethyl adjacent to an activating group) is 1. The molecule has 1 aliphatic rings. The Balaban J connectivity index is 2.19. The molecule has 2 aromatic carbocycles. The molecule has 1 heterocycles. The van der Waals surface area contributed by atoms with E-state index < -0.39 is 17.7 Å². The van der Waals surface area contributed by atoms with Crippen LogP contribution in [0.5, 0.6) is 11.5 Å². The molecule has 7 nitrogen and oxygen atoms in total. The summed E-state index contributed by atoms with van der Waals surface area (Å²) in [5.41, 5.74) is 2.14. The highest BCUT2D eigenvalue weighted by Crippen LogP contribution is 2.45. The monoisotopic (exact) mass is 452 g/mol. The molecule has 1 N–H and O–H groups in total. The van der Waals surface area contributed by atoms with E-state index in [1.54, 1.807) is 30.3 Å². The van der Waals surface area contributed by atoms with Crippen molar-refractivity contribution in [3.05, 3.63) is 64.7 Å². The number of aryl methyl sites for hydroxylation is 1. The van der Waals surface area contributed by atoms with Gasteiger partial charge in [-0.3, -0.25) is 9.59 Å². The predicted molar refractivity (Wildman–Crippen MR) is 128 cm³/mol. The van der Waals surface area contributed by atoms with Gasteiger partial charge in [0.25, 0.3) is 11.7 Å². The van der Waals surface area contributed by atoms with Crippen LogP contribution >= 0.6 is 0 Å². The second-order valence-electron chi connectivity index (χ2n) is 7.97. The minimum absolute atomic E-state index is 0.0509. The summed E-state index contributed by atoms with van der Waals surface area (Å²) in [6.45, 7) is 8.65. The van der Waals surface area contributed by atoms with Crippen LogP contribution in [-0.4, -0.2) is 67.0 Å². The smallest absolute Gasteiger partial charge is 0.295 e. The van der Waals surface area contributed by atoms with Crippen LogP contribution in [-0.2, 0) is 9.59 Å². The van der Waals surface area contributed by atoms with E-state index in [0.29, 0.717) is 35.7 Å². The highest BCUT2D eigenvalue weighted by molar-refractivity contribution is 6.46. The third-order valence-corrected chi connectivity index (χ3v) is 6.14. The summed E-state index contributed by atoms with van der Waals surface area (Å²) in [5, 5.41) is 11.2. The fourth-order valence-corrected chi connectivity index (χ4v) is 4.22. The molecule has 1 amide bonds. The molecule has 176 valence electrons. The van der Waals surface area contributed by atoms with Crippen LogP contribution in [0, 0.1) is 6.92 Å². The lowest BCUT2D eigenvalue weighted by atomic mass is 9.94. The molecule has 1 saturated heterocycles. The first-order chi connectivity index (χ1) is 15.9. The van der Waals surface area contributed by atoms with Gasteiger partial charge in [-0.2, -0.15) is 0 Å². The van der Waals surface area contributed by atoms with E-state index in [4.69, 9.17) is 9.47 Å². The Morgan fingerprint density at radius 2 is 1.70 bits per heavy atom. The maximum atomic E-state index is 13.2. The normalized spacial score (nSPS) is 17.6. The van der Waals surface area contributed by atoms with Crippen molar-refractivity contribution in [1.82, 2.24) is 9.80 Å². The molecular weight excluding hydrogens is 420 g/mol. The Kier molecular flexibility index (Phi) is 7.76. The van der Waals surface area contributed by atoms with E-state index >= 15 is 0 Å². The Morgan fingerprint density at radius 3 is 2.27 bits per heavy atom. The number of methoxy groups -OCH3 is 2. The van der Waals surface area contributed by atoms with E-state index in [1.807, 2.05) is 19.1 Å². The van der Waals surface area contributed by atoms with Crippen LogP contribution in [0.2, 0.25) is 0 Å². The zero-order valence-electron chi connectivity index (χ0n) is 19.9. The van der Waals surface area contributed by atoms with Gasteiger partial charge in [0.1, 0.15) is 5.76 Å². The number of ether oxygens (including phenoxy) is 2. The lowest BCUT2D eigenvalue weighted by Crippen LogP contribution is -2.38. The van der Waals surface area contributed by atoms with Gasteiger partial charge in [0.2, 0.25) is 0 Å². The number of nitrogens with zero attached hydrogens (tertiary/aromatic N) is 2. The first-order valence-electron chi connectivity index (χ1n) is 11.2. The van der Waals surface area contributed by atoms with Crippen molar-refractivity contribution in [3.8, 4) is 11.5 Å². The first kappa shape index (κ1) is 24.3. The quantitative estimate of drug-likeness (QED) is 0.354. The Bertz CT molecular complexity index is 1040. The lowest BCUT2D eigenvalue weighted by Gasteiger charge is -2.29. The number of para-hydroxylation sites is 1. The highest BCUT2D eigenvalue weighted by atomic mass is 16.5. The lowest BCUT2D eigenvalue weighted by molar-refractivity contribution is -0.140. The van der Waals surface area contributed by atoms with Crippen molar-refractivity contribution in [1.29, 1.82) is 0 Å². The molecular formula is C26H32N2O5. The molecule has 1 atom stereocenters. The van der Waals surface area contributed by atoms with Gasteiger partial charge in [-0.1, -0.05) is 55.8 Å². The van der Waals surface area contributed by atoms with Gasteiger partial charge in [0.15, 0.2) is 11.5 Å². The standard InChI is InChI=1S/C26H32N2O5/c1-6-27(7-2)15-16-28-22(19-9-8-10-20(32-4)25(19)33-5)21(24(30)26(28)31)23(29)18-13-11-17(3)12-14-18/h8-14,22,29H,6-7,15-16H2,1-5H3/b23-21-. The van der Waals surface area contributed by atoms with Crippen molar-refractivity contribution in [2.24, 2.45) is 0 Å². The summed E-state index contributed by atoms with van der Waals surface area (Å²) in [7, 11) is 3.05. The Labute approximate surface area is 195 Å². The summed E-state index contributed by atoms with van der Waals surface area (Å²) in [5.74, 6) is -0.629. The molecule has 33 heavy (non-hydrogen) atoms. The van der Waals surface area contributed by atoms with Crippen molar-refractivity contribution in [2.75, 3.05) is 40.4 Å². The largest absolute Gasteiger partial charge is 0.507 e. The molecule has 0 bridgehead atoms. The molecule has 1 fully saturated rings. The van der Waals surface area contributed by atoms with Crippen LogP contribution in [0.4, 0.5) is 0 Å². The SMILES string of the molecule is CCN(CC)CCN1C(=O)C(=O)/C(=C(\O)c2ccc(C)cc2)C1c1cccc(OC)c1OC. The van der Waals surface area contributed by atoms with Gasteiger partial charge < -0.3 is 24.4 Å². The summed E-state index contributed by atoms with van der Waals surface area (Å²) in [6, 6.07) is 11.7. The number of Topliss-reactive ketones (excluding diaryl/α,β-unsaturated/α-hetero) is 1. The van der Waals surface area contributed by atoms with Crippen molar-refractivity contribution in [2.45, 2.75) is 26.8 Å². The summed E-state index contributed by atoms with van der Waals surface area (Å²) in [6.07, 6.45) is 0. The number of amides is 1. The van der Waals surface area contributed by atoms with Gasteiger partial charge in [-0.05, 0) is 26.1 Å². The molecule has 1 unspecified atom stereocenters. The molecule has 2 aromatic rings. The molecule has 0 aliphatic carbocycles. The van der Waals surface area contributed by atoms with Gasteiger partial charge in [0, 0.05) is 24.2 Å². The topological polar surface area (TPSA) is 79.3 Å². The van der Waals surface area contributed by atoms with Crippen LogP contribution in [0.1, 0.15) is 36.6 Å². The minimum atomic E-state index is -0.799. The molecule has 0 radical (unpaired) electrons. The fraction of sp³-hybridized carbons (Fsp3) is 0.385. The number of carbonyl (C=O) groups is 2. The molecule has 0 spiro atoms. The van der Waals surface area contributed by atoms with E-state index in [-0.39, 0.29) is 11.3 Å².